The van der Waals surface area contributed by atoms with E-state index in [1.807, 2.05) is 32.0 Å². The summed E-state index contributed by atoms with van der Waals surface area (Å²) in [4.78, 5) is 0. The first-order valence-electron chi connectivity index (χ1n) is 5.74. The van der Waals surface area contributed by atoms with Gasteiger partial charge < -0.3 is 19.3 Å². The molecule has 1 N–H and O–H groups in total. The Balaban J connectivity index is 2.84. The van der Waals surface area contributed by atoms with Gasteiger partial charge in [0, 0.05) is 12.7 Å². The first-order valence-corrected chi connectivity index (χ1v) is 5.74. The van der Waals surface area contributed by atoms with Crippen molar-refractivity contribution in [2.75, 3.05) is 20.3 Å². The van der Waals surface area contributed by atoms with Crippen molar-refractivity contribution in [3.63, 3.8) is 0 Å². The number of aliphatic hydroxyl groups excluding tert-OH is 1. The fourth-order valence-corrected chi connectivity index (χ4v) is 1.39. The molecule has 0 saturated carbocycles. The van der Waals surface area contributed by atoms with Crippen molar-refractivity contribution in [2.45, 2.75) is 26.6 Å². The monoisotopic (exact) mass is 240 g/mol. The van der Waals surface area contributed by atoms with Gasteiger partial charge in [0.1, 0.15) is 6.61 Å². The Kier molecular flexibility index (Phi) is 5.80. The Morgan fingerprint density at radius 1 is 1.29 bits per heavy atom. The number of aliphatic hydroxyl groups is 1. The topological polar surface area (TPSA) is 47.9 Å². The molecule has 1 atom stereocenters. The van der Waals surface area contributed by atoms with Gasteiger partial charge in [-0.1, -0.05) is 12.1 Å². The molecule has 0 aromatic heterocycles. The average Bonchev–Trinajstić information content (AvgIpc) is 2.36. The molecule has 0 amide bonds. The molecule has 0 bridgehead atoms. The van der Waals surface area contributed by atoms with E-state index in [0.717, 1.165) is 5.56 Å². The molecule has 1 aromatic rings. The maximum Gasteiger partial charge on any atom is 0.166 e. The summed E-state index contributed by atoms with van der Waals surface area (Å²) in [7, 11) is 1.63. The van der Waals surface area contributed by atoms with Crippen molar-refractivity contribution < 1.29 is 19.3 Å². The predicted molar refractivity (Wildman–Crippen MR) is 65.5 cm³/mol. The molecule has 1 aromatic carbocycles. The first-order chi connectivity index (χ1) is 8.22. The molecule has 0 saturated heterocycles. The third-order valence-electron chi connectivity index (χ3n) is 2.40. The maximum absolute atomic E-state index is 9.27. The number of benzene rings is 1. The smallest absolute Gasteiger partial charge is 0.166 e. The fraction of sp³-hybridized carbons (Fsp3) is 0.538. The van der Waals surface area contributed by atoms with E-state index in [2.05, 4.69) is 0 Å². The van der Waals surface area contributed by atoms with Crippen LogP contribution < -0.4 is 9.47 Å². The lowest BCUT2D eigenvalue weighted by atomic mass is 10.2. The van der Waals surface area contributed by atoms with E-state index in [4.69, 9.17) is 14.2 Å². The molecule has 96 valence electrons. The SMILES string of the molecule is CCOc1cccc(CO)c1OCC(C)OC. The Bertz CT molecular complexity index is 338. The highest BCUT2D eigenvalue weighted by Crippen LogP contribution is 2.31. The molecule has 0 spiro atoms. The van der Waals surface area contributed by atoms with Crippen LogP contribution in [0.25, 0.3) is 0 Å². The van der Waals surface area contributed by atoms with Gasteiger partial charge in [0.2, 0.25) is 0 Å². The molecular weight excluding hydrogens is 220 g/mol. The molecule has 4 nitrogen and oxygen atoms in total. The quantitative estimate of drug-likeness (QED) is 0.791. The second-order valence-corrected chi connectivity index (χ2v) is 3.69. The van der Waals surface area contributed by atoms with E-state index in [0.29, 0.717) is 24.7 Å². The largest absolute Gasteiger partial charge is 0.490 e. The highest BCUT2D eigenvalue weighted by Gasteiger charge is 2.11. The van der Waals surface area contributed by atoms with Crippen molar-refractivity contribution in [2.24, 2.45) is 0 Å². The van der Waals surface area contributed by atoms with E-state index in [1.165, 1.54) is 0 Å². The molecule has 17 heavy (non-hydrogen) atoms. The molecule has 1 unspecified atom stereocenters. The summed E-state index contributed by atoms with van der Waals surface area (Å²) in [6, 6.07) is 5.48. The first kappa shape index (κ1) is 13.8. The summed E-state index contributed by atoms with van der Waals surface area (Å²) in [6.45, 7) is 4.74. The van der Waals surface area contributed by atoms with Crippen molar-refractivity contribution in [1.82, 2.24) is 0 Å². The number of hydrogen-bond donors (Lipinski definition) is 1. The number of para-hydroxylation sites is 1. The van der Waals surface area contributed by atoms with Crippen LogP contribution in [0.4, 0.5) is 0 Å². The third kappa shape index (κ3) is 3.91. The highest BCUT2D eigenvalue weighted by molar-refractivity contribution is 5.46. The van der Waals surface area contributed by atoms with Gasteiger partial charge in [-0.2, -0.15) is 0 Å². The second-order valence-electron chi connectivity index (χ2n) is 3.69. The number of rotatable bonds is 7. The van der Waals surface area contributed by atoms with Gasteiger partial charge in [-0.15, -0.1) is 0 Å². The van der Waals surface area contributed by atoms with Gasteiger partial charge in [0.05, 0.1) is 19.3 Å². The predicted octanol–water partition coefficient (Wildman–Crippen LogP) is 1.99. The van der Waals surface area contributed by atoms with E-state index < -0.39 is 0 Å². The zero-order chi connectivity index (χ0) is 12.7. The van der Waals surface area contributed by atoms with Crippen LogP contribution in [0.1, 0.15) is 19.4 Å². The molecular formula is C13H20O4. The van der Waals surface area contributed by atoms with Gasteiger partial charge in [-0.25, -0.2) is 0 Å². The normalized spacial score (nSPS) is 12.2. The summed E-state index contributed by atoms with van der Waals surface area (Å²) >= 11 is 0. The van der Waals surface area contributed by atoms with Crippen molar-refractivity contribution >= 4 is 0 Å². The minimum absolute atomic E-state index is 0.00349. The standard InChI is InChI=1S/C13H20O4/c1-4-16-12-7-5-6-11(8-14)13(12)17-9-10(2)15-3/h5-7,10,14H,4,8-9H2,1-3H3. The highest BCUT2D eigenvalue weighted by atomic mass is 16.5. The van der Waals surface area contributed by atoms with Gasteiger partial charge in [-0.05, 0) is 19.9 Å². The summed E-state index contributed by atoms with van der Waals surface area (Å²) in [6.07, 6.45) is -0.00349. The van der Waals surface area contributed by atoms with Gasteiger partial charge >= 0.3 is 0 Å². The van der Waals surface area contributed by atoms with Crippen LogP contribution in [0.5, 0.6) is 11.5 Å². The summed E-state index contributed by atoms with van der Waals surface area (Å²) in [5.74, 6) is 1.25. The van der Waals surface area contributed by atoms with E-state index in [-0.39, 0.29) is 12.7 Å². The maximum atomic E-state index is 9.27. The molecule has 0 fully saturated rings. The molecule has 4 heteroatoms. The molecule has 0 heterocycles. The molecule has 0 aliphatic carbocycles. The van der Waals surface area contributed by atoms with Crippen LogP contribution in [0.3, 0.4) is 0 Å². The van der Waals surface area contributed by atoms with Crippen LogP contribution in [0.2, 0.25) is 0 Å². The van der Waals surface area contributed by atoms with Crippen molar-refractivity contribution in [3.8, 4) is 11.5 Å². The van der Waals surface area contributed by atoms with Crippen LogP contribution in [0, 0.1) is 0 Å². The summed E-state index contributed by atoms with van der Waals surface area (Å²) < 4.78 is 16.2. The lowest BCUT2D eigenvalue weighted by Gasteiger charge is -2.17. The van der Waals surface area contributed by atoms with Gasteiger partial charge in [0.25, 0.3) is 0 Å². The van der Waals surface area contributed by atoms with Crippen LogP contribution in [-0.2, 0) is 11.3 Å². The Morgan fingerprint density at radius 2 is 2.06 bits per heavy atom. The lowest BCUT2D eigenvalue weighted by Crippen LogP contribution is -2.17. The Morgan fingerprint density at radius 3 is 2.65 bits per heavy atom. The van der Waals surface area contributed by atoms with E-state index >= 15 is 0 Å². The molecule has 0 radical (unpaired) electrons. The summed E-state index contributed by atoms with van der Waals surface area (Å²) in [5, 5.41) is 9.27. The lowest BCUT2D eigenvalue weighted by molar-refractivity contribution is 0.0693. The minimum atomic E-state index is -0.0718. The van der Waals surface area contributed by atoms with Gasteiger partial charge in [-0.3, -0.25) is 0 Å². The molecule has 0 aliphatic rings. The van der Waals surface area contributed by atoms with Crippen molar-refractivity contribution in [3.05, 3.63) is 23.8 Å². The molecule has 0 aliphatic heterocycles. The Hall–Kier alpha value is -1.26. The zero-order valence-electron chi connectivity index (χ0n) is 10.6. The molecule has 1 rings (SSSR count). The van der Waals surface area contributed by atoms with E-state index in [9.17, 15) is 5.11 Å². The zero-order valence-corrected chi connectivity index (χ0v) is 10.6. The van der Waals surface area contributed by atoms with Crippen LogP contribution in [-0.4, -0.2) is 31.5 Å². The summed E-state index contributed by atoms with van der Waals surface area (Å²) in [5.41, 5.74) is 0.722. The fourth-order valence-electron chi connectivity index (χ4n) is 1.39. The number of methoxy groups -OCH3 is 1. The minimum Gasteiger partial charge on any atom is -0.490 e. The number of hydrogen-bond acceptors (Lipinski definition) is 4. The number of ether oxygens (including phenoxy) is 3. The van der Waals surface area contributed by atoms with Crippen molar-refractivity contribution in [1.29, 1.82) is 0 Å². The second kappa shape index (κ2) is 7.14. The van der Waals surface area contributed by atoms with E-state index in [1.54, 1.807) is 7.11 Å². The van der Waals surface area contributed by atoms with Gasteiger partial charge in [0.15, 0.2) is 11.5 Å². The third-order valence-corrected chi connectivity index (χ3v) is 2.40. The average molecular weight is 240 g/mol. The Labute approximate surface area is 102 Å². The van der Waals surface area contributed by atoms with Crippen LogP contribution >= 0.6 is 0 Å². The van der Waals surface area contributed by atoms with Crippen LogP contribution in [0.15, 0.2) is 18.2 Å².